The Morgan fingerprint density at radius 2 is 1.57 bits per heavy atom. The number of fused-ring (bicyclic) bond motifs is 4. The number of Topliss-reactive ketones (excluding diaryl/α,β-unsaturated/α-hetero) is 2. The van der Waals surface area contributed by atoms with Crippen molar-refractivity contribution in [3.8, 4) is 11.6 Å². The number of hydrogen-bond acceptors (Lipinski definition) is 10. The molecule has 0 bridgehead atoms. The Labute approximate surface area is 306 Å². The summed E-state index contributed by atoms with van der Waals surface area (Å²) in [5.74, 6) is -7.02. The molecule has 1 heterocycles. The fourth-order valence-corrected chi connectivity index (χ4v) is 7.95. The second-order valence-electron chi connectivity index (χ2n) is 15.6. The van der Waals surface area contributed by atoms with Gasteiger partial charge in [-0.15, -0.1) is 0 Å². The van der Waals surface area contributed by atoms with Crippen LogP contribution in [0.15, 0.2) is 70.8 Å². The molecule has 7 rings (SSSR count). The highest BCUT2D eigenvalue weighted by Crippen LogP contribution is 2.56. The van der Waals surface area contributed by atoms with Crippen molar-refractivity contribution in [3.05, 3.63) is 117 Å². The summed E-state index contributed by atoms with van der Waals surface area (Å²) in [6.45, 7) is 6.32. The molecule has 0 spiro atoms. The Bertz CT molecular complexity index is 2090. The summed E-state index contributed by atoms with van der Waals surface area (Å²) >= 11 is 0. The lowest BCUT2D eigenvalue weighted by atomic mass is 9.57. The average molecular weight is 728 g/mol. The van der Waals surface area contributed by atoms with Gasteiger partial charge in [0.05, 0.1) is 11.6 Å². The second kappa shape index (κ2) is 13.8. The molecule has 0 amide bonds. The number of ketones is 2. The summed E-state index contributed by atoms with van der Waals surface area (Å²) in [6, 6.07) is 17.4. The van der Waals surface area contributed by atoms with E-state index in [0.29, 0.717) is 6.54 Å². The molecule has 1 saturated carbocycles. The molecular weight excluding hydrogens is 684 g/mol. The zero-order chi connectivity index (χ0) is 37.8. The molecule has 1 aromatic heterocycles. The van der Waals surface area contributed by atoms with Crippen molar-refractivity contribution < 1.29 is 42.6 Å². The first-order valence-electron chi connectivity index (χ1n) is 17.7. The van der Waals surface area contributed by atoms with Gasteiger partial charge in [-0.3, -0.25) is 14.5 Å². The van der Waals surface area contributed by atoms with Gasteiger partial charge in [0.15, 0.2) is 23.0 Å². The summed E-state index contributed by atoms with van der Waals surface area (Å²) in [5.41, 5.74) is -2.16. The molecule has 3 aromatic carbocycles. The number of nitrogens with zero attached hydrogens (tertiary/aromatic N) is 2. The van der Waals surface area contributed by atoms with Crippen LogP contribution in [-0.2, 0) is 31.0 Å². The third-order valence-electron chi connectivity index (χ3n) is 10.4. The predicted molar refractivity (Wildman–Crippen MR) is 191 cm³/mol. The Balaban J connectivity index is 1.33. The van der Waals surface area contributed by atoms with E-state index in [4.69, 9.17) is 14.0 Å². The van der Waals surface area contributed by atoms with Crippen LogP contribution in [0.25, 0.3) is 5.76 Å². The van der Waals surface area contributed by atoms with Crippen LogP contribution in [0.4, 0.5) is 8.78 Å². The lowest BCUT2D eigenvalue weighted by Crippen LogP contribution is -2.63. The lowest BCUT2D eigenvalue weighted by Gasteiger charge is -2.49. The molecular formula is C41H43F2N3O7. The Hall–Kier alpha value is -4.91. The van der Waals surface area contributed by atoms with Gasteiger partial charge in [-0.2, -0.15) is 0 Å². The number of nitrogens with one attached hydrogen (secondary N) is 1. The Kier molecular flexibility index (Phi) is 9.50. The smallest absolute Gasteiger partial charge is 0.265 e. The fraction of sp³-hybridized carbons (Fsp3) is 0.390. The van der Waals surface area contributed by atoms with Gasteiger partial charge in [-0.05, 0) is 54.6 Å². The maximum Gasteiger partial charge on any atom is 0.265 e. The first-order chi connectivity index (χ1) is 25.2. The Morgan fingerprint density at radius 3 is 2.17 bits per heavy atom. The molecule has 4 atom stereocenters. The van der Waals surface area contributed by atoms with E-state index in [2.05, 4.69) is 10.5 Å². The number of aliphatic hydroxyl groups excluding tert-OH is 1. The fourth-order valence-electron chi connectivity index (χ4n) is 7.95. The molecule has 0 unspecified atom stereocenters. The Morgan fingerprint density at radius 1 is 0.943 bits per heavy atom. The maximum atomic E-state index is 16.2. The van der Waals surface area contributed by atoms with Crippen molar-refractivity contribution in [1.29, 1.82) is 0 Å². The SMILES string of the molecule is CN(C)[C@@H]1c2onc(OCc3ccccc3)c2C(=O)[C@@]2(O)C(=O)C3=C(O)c4c(c(F)c(F)c(CNCC(C)(C)C)c4OCc4ccccc4)C[C@H]3C[C@@H]12. The number of halogens is 2. The number of ether oxygens (including phenoxy) is 2. The van der Waals surface area contributed by atoms with Crippen LogP contribution in [0.1, 0.15) is 77.2 Å². The average Bonchev–Trinajstić information content (AvgIpc) is 3.54. The molecule has 0 saturated heterocycles. The highest BCUT2D eigenvalue weighted by Gasteiger charge is 2.65. The number of rotatable bonds is 10. The number of aromatic nitrogens is 1. The van der Waals surface area contributed by atoms with E-state index >= 15 is 8.78 Å². The van der Waals surface area contributed by atoms with Crippen LogP contribution >= 0.6 is 0 Å². The van der Waals surface area contributed by atoms with E-state index in [1.165, 1.54) is 0 Å². The number of aliphatic hydroxyl groups is 2. The van der Waals surface area contributed by atoms with Crippen molar-refractivity contribution in [3.63, 3.8) is 0 Å². The van der Waals surface area contributed by atoms with Crippen molar-refractivity contribution in [2.24, 2.45) is 17.3 Å². The van der Waals surface area contributed by atoms with Gasteiger partial charge in [-0.1, -0.05) is 81.4 Å². The van der Waals surface area contributed by atoms with Crippen LogP contribution in [0, 0.1) is 28.9 Å². The normalized spacial score (nSPS) is 22.3. The van der Waals surface area contributed by atoms with Crippen LogP contribution in [-0.4, -0.2) is 58.1 Å². The van der Waals surface area contributed by atoms with E-state index in [1.807, 2.05) is 81.4 Å². The van der Waals surface area contributed by atoms with E-state index in [1.54, 1.807) is 19.0 Å². The van der Waals surface area contributed by atoms with Gasteiger partial charge < -0.3 is 29.5 Å². The van der Waals surface area contributed by atoms with E-state index in [0.717, 1.165) is 11.1 Å². The van der Waals surface area contributed by atoms with Gasteiger partial charge in [0.25, 0.3) is 5.88 Å². The van der Waals surface area contributed by atoms with Gasteiger partial charge in [0, 0.05) is 35.7 Å². The molecule has 3 aliphatic rings. The highest BCUT2D eigenvalue weighted by molar-refractivity contribution is 6.26. The minimum Gasteiger partial charge on any atom is -0.507 e. The molecule has 4 aromatic rings. The molecule has 1 fully saturated rings. The van der Waals surface area contributed by atoms with Crippen molar-refractivity contribution in [1.82, 2.24) is 15.4 Å². The third-order valence-corrected chi connectivity index (χ3v) is 10.4. The largest absolute Gasteiger partial charge is 0.507 e. The monoisotopic (exact) mass is 727 g/mol. The summed E-state index contributed by atoms with van der Waals surface area (Å²) in [7, 11) is 3.42. The zero-order valence-electron chi connectivity index (χ0n) is 30.3. The van der Waals surface area contributed by atoms with Crippen LogP contribution in [0.3, 0.4) is 0 Å². The topological polar surface area (TPSA) is 134 Å². The molecule has 10 nitrogen and oxygen atoms in total. The van der Waals surface area contributed by atoms with Crippen molar-refractivity contribution in [2.75, 3.05) is 20.6 Å². The second-order valence-corrected chi connectivity index (χ2v) is 15.6. The van der Waals surface area contributed by atoms with Crippen LogP contribution in [0.2, 0.25) is 0 Å². The molecule has 3 aliphatic carbocycles. The lowest BCUT2D eigenvalue weighted by molar-refractivity contribution is -0.142. The molecule has 0 aliphatic heterocycles. The summed E-state index contributed by atoms with van der Waals surface area (Å²) < 4.78 is 50.2. The highest BCUT2D eigenvalue weighted by atomic mass is 19.2. The maximum absolute atomic E-state index is 16.2. The molecule has 3 N–H and O–H groups in total. The summed E-state index contributed by atoms with van der Waals surface area (Å²) in [4.78, 5) is 30.9. The number of benzene rings is 3. The van der Waals surface area contributed by atoms with Gasteiger partial charge in [-0.25, -0.2) is 8.78 Å². The quantitative estimate of drug-likeness (QED) is 0.155. The molecule has 0 radical (unpaired) electrons. The van der Waals surface area contributed by atoms with Crippen molar-refractivity contribution >= 4 is 17.3 Å². The standard InChI is InChI=1S/C41H43F2N3O7/c1-40(2,3)21-44-18-26-32(43)31(42)25-16-24-17-27-33(46(4)5)36-30(39(45-53-36)52-20-23-14-10-7-11-15-23)38(49)41(27,50)37(48)28(24)34(47)29(25)35(26)51-19-22-12-8-6-9-13-22/h6-15,24,27,33,44,47,50H,16-21H2,1-5H3/t24-,27-,33-,41-/m0/s1. The van der Waals surface area contributed by atoms with Gasteiger partial charge >= 0.3 is 0 Å². The minimum atomic E-state index is -2.66. The number of hydrogen-bond donors (Lipinski definition) is 3. The van der Waals surface area contributed by atoms with Gasteiger partial charge in [0.2, 0.25) is 11.6 Å². The number of carbonyl (C=O) groups is 2. The number of carbonyl (C=O) groups excluding carboxylic acids is 2. The van der Waals surface area contributed by atoms with E-state index in [9.17, 15) is 19.8 Å². The van der Waals surface area contributed by atoms with Crippen molar-refractivity contribution in [2.45, 2.75) is 65.0 Å². The first-order valence-corrected chi connectivity index (χ1v) is 17.7. The van der Waals surface area contributed by atoms with Gasteiger partial charge in [0.1, 0.15) is 30.3 Å². The third kappa shape index (κ3) is 6.32. The minimum absolute atomic E-state index is 0.0356. The molecule has 53 heavy (non-hydrogen) atoms. The zero-order valence-corrected chi connectivity index (χ0v) is 30.3. The summed E-state index contributed by atoms with van der Waals surface area (Å²) in [5, 5.41) is 31.7. The molecule has 12 heteroatoms. The van der Waals surface area contributed by atoms with Crippen LogP contribution in [0.5, 0.6) is 11.6 Å². The van der Waals surface area contributed by atoms with E-state index < -0.39 is 52.4 Å². The molecule has 278 valence electrons. The van der Waals surface area contributed by atoms with Crippen LogP contribution < -0.4 is 14.8 Å². The van der Waals surface area contributed by atoms with E-state index in [-0.39, 0.29) is 83.2 Å². The predicted octanol–water partition coefficient (Wildman–Crippen LogP) is 6.51. The summed E-state index contributed by atoms with van der Waals surface area (Å²) in [6.07, 6.45) is -0.220. The first kappa shape index (κ1) is 36.4.